The largest absolute Gasteiger partial charge is 0.493 e. The molecule has 0 radical (unpaired) electrons. The summed E-state index contributed by atoms with van der Waals surface area (Å²) in [5.74, 6) is -0.325. The molecule has 2 aromatic heterocycles. The Kier molecular flexibility index (Phi) is 1.21. The van der Waals surface area contributed by atoms with Gasteiger partial charge in [-0.05, 0) is 6.92 Å². The van der Waals surface area contributed by atoms with Crippen LogP contribution in [0.4, 0.5) is 0 Å². The highest BCUT2D eigenvalue weighted by molar-refractivity contribution is 5.49. The van der Waals surface area contributed by atoms with E-state index < -0.39 is 0 Å². The number of aryl methyl sites for hydroxylation is 1. The van der Waals surface area contributed by atoms with Crippen LogP contribution in [-0.4, -0.2) is 24.8 Å². The fraction of sp³-hybridized carbons (Fsp3) is 0.143. The van der Waals surface area contributed by atoms with Crippen molar-refractivity contribution in [3.63, 3.8) is 0 Å². The number of nitrogens with zero attached hydrogens (tertiary/aromatic N) is 3. The van der Waals surface area contributed by atoms with Gasteiger partial charge in [0.1, 0.15) is 0 Å². The summed E-state index contributed by atoms with van der Waals surface area (Å²) < 4.78 is 1.26. The topological polar surface area (TPSA) is 70.7 Å². The molecule has 2 rings (SSSR count). The van der Waals surface area contributed by atoms with Gasteiger partial charge in [0, 0.05) is 5.56 Å². The molecule has 5 nitrogen and oxygen atoms in total. The number of aromatic nitrogens is 3. The molecule has 0 bridgehead atoms. The van der Waals surface area contributed by atoms with Gasteiger partial charge in [0.05, 0.1) is 12.3 Å². The Morgan fingerprint density at radius 2 is 2.17 bits per heavy atom. The lowest BCUT2D eigenvalue weighted by atomic mass is 10.4. The second-order valence-electron chi connectivity index (χ2n) is 2.54. The molecule has 0 aliphatic carbocycles. The maximum absolute atomic E-state index is 9.27. The molecule has 2 heterocycles. The van der Waals surface area contributed by atoms with Crippen molar-refractivity contribution in [2.75, 3.05) is 0 Å². The molecule has 0 spiro atoms. The van der Waals surface area contributed by atoms with E-state index in [0.717, 1.165) is 11.6 Å². The van der Waals surface area contributed by atoms with Crippen molar-refractivity contribution in [2.24, 2.45) is 0 Å². The average Bonchev–Trinajstić information content (AvgIpc) is 2.33. The molecule has 12 heavy (non-hydrogen) atoms. The molecule has 2 aromatic rings. The lowest BCUT2D eigenvalue weighted by Gasteiger charge is -1.97. The Balaban J connectivity index is 2.92. The Morgan fingerprint density at radius 3 is 2.92 bits per heavy atom. The van der Waals surface area contributed by atoms with Crippen molar-refractivity contribution in [1.82, 2.24) is 14.6 Å². The van der Waals surface area contributed by atoms with E-state index in [-0.39, 0.29) is 11.8 Å². The predicted molar refractivity (Wildman–Crippen MR) is 41.1 cm³/mol. The molecule has 62 valence electrons. The van der Waals surface area contributed by atoms with Crippen molar-refractivity contribution in [3.8, 4) is 11.8 Å². The van der Waals surface area contributed by atoms with Crippen molar-refractivity contribution in [2.45, 2.75) is 6.92 Å². The molecule has 0 fully saturated rings. The van der Waals surface area contributed by atoms with Crippen molar-refractivity contribution in [3.05, 3.63) is 17.8 Å². The third-order valence-corrected chi connectivity index (χ3v) is 1.62. The minimum Gasteiger partial charge on any atom is -0.493 e. The van der Waals surface area contributed by atoms with E-state index in [4.69, 9.17) is 5.11 Å². The first-order valence-electron chi connectivity index (χ1n) is 3.42. The summed E-state index contributed by atoms with van der Waals surface area (Å²) in [6, 6.07) is 1.14. The summed E-state index contributed by atoms with van der Waals surface area (Å²) in [6.45, 7) is 1.80. The molecular weight excluding hydrogens is 158 g/mol. The van der Waals surface area contributed by atoms with E-state index in [9.17, 15) is 5.11 Å². The molecule has 0 aliphatic rings. The summed E-state index contributed by atoms with van der Waals surface area (Å²) in [7, 11) is 0. The van der Waals surface area contributed by atoms with Gasteiger partial charge in [0.25, 0.3) is 0 Å². The van der Waals surface area contributed by atoms with Crippen LogP contribution in [0.2, 0.25) is 0 Å². The number of aromatic hydroxyl groups is 2. The van der Waals surface area contributed by atoms with Crippen LogP contribution in [0.3, 0.4) is 0 Å². The SMILES string of the molecule is Cc1cnn2c(O)cc(O)nc12. The van der Waals surface area contributed by atoms with Crippen LogP contribution in [-0.2, 0) is 0 Å². The van der Waals surface area contributed by atoms with Crippen molar-refractivity contribution < 1.29 is 10.2 Å². The van der Waals surface area contributed by atoms with E-state index in [2.05, 4.69) is 10.1 Å². The number of hydrogen-bond donors (Lipinski definition) is 2. The predicted octanol–water partition coefficient (Wildman–Crippen LogP) is 0.449. The van der Waals surface area contributed by atoms with E-state index in [1.807, 2.05) is 0 Å². The van der Waals surface area contributed by atoms with Crippen LogP contribution < -0.4 is 0 Å². The molecule has 5 heteroatoms. The quantitative estimate of drug-likeness (QED) is 0.594. The average molecular weight is 165 g/mol. The minimum atomic E-state index is -0.205. The van der Waals surface area contributed by atoms with E-state index in [1.54, 1.807) is 13.1 Å². The molecule has 0 saturated carbocycles. The van der Waals surface area contributed by atoms with Gasteiger partial charge in [-0.1, -0.05) is 0 Å². The normalized spacial score (nSPS) is 10.8. The van der Waals surface area contributed by atoms with E-state index in [0.29, 0.717) is 5.65 Å². The summed E-state index contributed by atoms with van der Waals surface area (Å²) in [5, 5.41) is 22.2. The molecule has 0 aliphatic heterocycles. The molecule has 0 unspecified atom stereocenters. The zero-order valence-corrected chi connectivity index (χ0v) is 6.39. The first kappa shape index (κ1) is 6.90. The van der Waals surface area contributed by atoms with Crippen LogP contribution >= 0.6 is 0 Å². The highest BCUT2D eigenvalue weighted by Gasteiger charge is 2.06. The number of rotatable bonds is 0. The summed E-state index contributed by atoms with van der Waals surface area (Å²) in [5.41, 5.74) is 1.27. The van der Waals surface area contributed by atoms with Crippen LogP contribution in [0.25, 0.3) is 5.65 Å². The molecule has 0 amide bonds. The van der Waals surface area contributed by atoms with E-state index >= 15 is 0 Å². The van der Waals surface area contributed by atoms with Crippen LogP contribution in [0, 0.1) is 6.92 Å². The van der Waals surface area contributed by atoms with Gasteiger partial charge in [0.15, 0.2) is 5.65 Å². The van der Waals surface area contributed by atoms with E-state index in [1.165, 1.54) is 4.52 Å². The van der Waals surface area contributed by atoms with Crippen molar-refractivity contribution >= 4 is 5.65 Å². The van der Waals surface area contributed by atoms with Gasteiger partial charge in [-0.2, -0.15) is 14.6 Å². The minimum absolute atomic E-state index is 0.120. The van der Waals surface area contributed by atoms with Crippen molar-refractivity contribution in [1.29, 1.82) is 0 Å². The van der Waals surface area contributed by atoms with Gasteiger partial charge < -0.3 is 10.2 Å². The molecule has 0 aromatic carbocycles. The zero-order chi connectivity index (χ0) is 8.72. The summed E-state index contributed by atoms with van der Waals surface area (Å²) >= 11 is 0. The highest BCUT2D eigenvalue weighted by Crippen LogP contribution is 2.18. The van der Waals surface area contributed by atoms with Gasteiger partial charge in [-0.15, -0.1) is 0 Å². The van der Waals surface area contributed by atoms with Gasteiger partial charge in [0.2, 0.25) is 11.8 Å². The van der Waals surface area contributed by atoms with Gasteiger partial charge in [-0.25, -0.2) is 0 Å². The maximum atomic E-state index is 9.27. The Morgan fingerprint density at radius 1 is 1.42 bits per heavy atom. The second-order valence-corrected chi connectivity index (χ2v) is 2.54. The van der Waals surface area contributed by atoms with Crippen LogP contribution in [0.1, 0.15) is 5.56 Å². The highest BCUT2D eigenvalue weighted by atomic mass is 16.3. The number of hydrogen-bond acceptors (Lipinski definition) is 4. The Bertz CT molecular complexity index is 435. The second kappa shape index (κ2) is 2.10. The van der Waals surface area contributed by atoms with Crippen LogP contribution in [0.5, 0.6) is 11.8 Å². The molecular formula is C7H7N3O2. The van der Waals surface area contributed by atoms with Gasteiger partial charge in [-0.3, -0.25) is 0 Å². The maximum Gasteiger partial charge on any atom is 0.219 e. The smallest absolute Gasteiger partial charge is 0.219 e. The molecule has 0 saturated heterocycles. The lowest BCUT2D eigenvalue weighted by molar-refractivity contribution is 0.412. The lowest BCUT2D eigenvalue weighted by Crippen LogP contribution is -1.90. The molecule has 2 N–H and O–H groups in total. The first-order valence-corrected chi connectivity index (χ1v) is 3.42. The third-order valence-electron chi connectivity index (χ3n) is 1.62. The zero-order valence-electron chi connectivity index (χ0n) is 6.39. The third kappa shape index (κ3) is 0.795. The Labute approximate surface area is 67.9 Å². The monoisotopic (exact) mass is 165 g/mol. The summed E-state index contributed by atoms with van der Waals surface area (Å²) in [6.07, 6.45) is 1.57. The summed E-state index contributed by atoms with van der Waals surface area (Å²) in [4.78, 5) is 3.79. The molecule has 0 atom stereocenters. The fourth-order valence-corrected chi connectivity index (χ4v) is 1.04. The Hall–Kier alpha value is -1.78. The fourth-order valence-electron chi connectivity index (χ4n) is 1.04. The van der Waals surface area contributed by atoms with Crippen LogP contribution in [0.15, 0.2) is 12.3 Å². The van der Waals surface area contributed by atoms with Gasteiger partial charge >= 0.3 is 0 Å². The first-order chi connectivity index (χ1) is 5.68. The number of fused-ring (bicyclic) bond motifs is 1. The standard InChI is InChI=1S/C7H7N3O2/c1-4-3-8-10-6(12)2-5(11)9-7(4)10/h2-3,12H,1H3,(H,9,11).